The number of Topliss-reactive ketones (excluding diaryl/α,β-unsaturated/α-hetero) is 1. The second-order valence-electron chi connectivity index (χ2n) is 6.73. The average molecular weight is 382 g/mol. The van der Waals surface area contributed by atoms with Gasteiger partial charge in [0.05, 0.1) is 6.04 Å². The number of para-hydroxylation sites is 1. The third-order valence-corrected chi connectivity index (χ3v) is 4.58. The Kier molecular flexibility index (Phi) is 5.35. The van der Waals surface area contributed by atoms with Crippen molar-refractivity contribution in [2.24, 2.45) is 0 Å². The molecule has 0 aliphatic heterocycles. The maximum atomic E-state index is 12.3. The first-order chi connectivity index (χ1) is 13.3. The van der Waals surface area contributed by atoms with Crippen LogP contribution >= 0.6 is 0 Å². The molecule has 0 aliphatic rings. The summed E-state index contributed by atoms with van der Waals surface area (Å²) in [6, 6.07) is 9.05. The quantitative estimate of drug-likeness (QED) is 0.501. The van der Waals surface area contributed by atoms with E-state index >= 15 is 0 Å². The number of rotatable bonds is 6. The van der Waals surface area contributed by atoms with Crippen LogP contribution in [0.5, 0.6) is 0 Å². The minimum Gasteiger partial charge on any atom is -0.459 e. The summed E-state index contributed by atoms with van der Waals surface area (Å²) in [6.45, 7) is 6.17. The number of carbonyl (C=O) groups excluding carboxylic acids is 3. The number of H-pyrrole nitrogens is 1. The van der Waals surface area contributed by atoms with Crippen LogP contribution in [0.25, 0.3) is 11.0 Å². The van der Waals surface area contributed by atoms with Crippen LogP contribution in [0.2, 0.25) is 0 Å². The number of aryl methyl sites for hydroxylation is 1. The van der Waals surface area contributed by atoms with Crippen LogP contribution < -0.4 is 5.32 Å². The lowest BCUT2D eigenvalue weighted by Gasteiger charge is -2.11. The van der Waals surface area contributed by atoms with Gasteiger partial charge in [-0.3, -0.25) is 9.59 Å². The van der Waals surface area contributed by atoms with E-state index in [0.29, 0.717) is 22.6 Å². The highest BCUT2D eigenvalue weighted by Gasteiger charge is 2.22. The summed E-state index contributed by atoms with van der Waals surface area (Å²) >= 11 is 0. The fourth-order valence-corrected chi connectivity index (χ4v) is 3.26. The van der Waals surface area contributed by atoms with Crippen molar-refractivity contribution in [2.75, 3.05) is 6.61 Å². The first-order valence-corrected chi connectivity index (χ1v) is 8.93. The number of esters is 1. The fourth-order valence-electron chi connectivity index (χ4n) is 3.26. The number of ketones is 1. The molecule has 3 aromatic rings. The van der Waals surface area contributed by atoms with Gasteiger partial charge in [-0.1, -0.05) is 18.2 Å². The van der Waals surface area contributed by atoms with Crippen LogP contribution in [-0.2, 0) is 9.53 Å². The molecule has 2 heterocycles. The number of fused-ring (bicyclic) bond motifs is 1. The molecule has 0 bridgehead atoms. The van der Waals surface area contributed by atoms with Gasteiger partial charge in [-0.25, -0.2) is 4.79 Å². The monoisotopic (exact) mass is 382 g/mol. The van der Waals surface area contributed by atoms with Crippen molar-refractivity contribution in [3.8, 4) is 0 Å². The second-order valence-corrected chi connectivity index (χ2v) is 6.73. The molecule has 0 spiro atoms. The molecule has 7 heteroatoms. The smallest absolute Gasteiger partial charge is 0.355 e. The third kappa shape index (κ3) is 3.83. The number of carbonyl (C=O) groups is 3. The predicted molar refractivity (Wildman–Crippen MR) is 103 cm³/mol. The number of aromatic amines is 1. The molecule has 0 saturated heterocycles. The van der Waals surface area contributed by atoms with Gasteiger partial charge in [0.1, 0.15) is 17.0 Å². The molecule has 1 aromatic carbocycles. The number of hydrogen-bond acceptors (Lipinski definition) is 5. The molecule has 28 heavy (non-hydrogen) atoms. The molecule has 146 valence electrons. The standard InChI is InChI=1S/C21H22N2O5/c1-11-19(14(4)24)13(3)23-20(11)21(26)27-10-18(25)22-12(2)17-9-15-7-5-6-8-16(15)28-17/h5-9,12,23H,10H2,1-4H3,(H,22,25)/t12-/m1/s1. The van der Waals surface area contributed by atoms with Gasteiger partial charge in [-0.15, -0.1) is 0 Å². The SMILES string of the molecule is CC(=O)c1c(C)[nH]c(C(=O)OCC(=O)N[C@H](C)c2cc3ccccc3o2)c1C. The lowest BCUT2D eigenvalue weighted by atomic mass is 10.1. The zero-order chi connectivity index (χ0) is 20.4. The van der Waals surface area contributed by atoms with Crippen LogP contribution in [0.3, 0.4) is 0 Å². The molecule has 2 aromatic heterocycles. The minimum atomic E-state index is -0.681. The summed E-state index contributed by atoms with van der Waals surface area (Å²) in [5.41, 5.74) is 2.51. The normalized spacial score (nSPS) is 12.0. The molecule has 0 aliphatic carbocycles. The highest BCUT2D eigenvalue weighted by molar-refractivity contribution is 6.01. The Hall–Kier alpha value is -3.35. The Bertz CT molecular complexity index is 1030. The maximum absolute atomic E-state index is 12.3. The van der Waals surface area contributed by atoms with Crippen molar-refractivity contribution in [1.82, 2.24) is 10.3 Å². The van der Waals surface area contributed by atoms with Gasteiger partial charge >= 0.3 is 5.97 Å². The van der Waals surface area contributed by atoms with Gasteiger partial charge < -0.3 is 19.5 Å². The Morgan fingerprint density at radius 2 is 1.93 bits per heavy atom. The van der Waals surface area contributed by atoms with E-state index in [1.807, 2.05) is 30.3 Å². The largest absolute Gasteiger partial charge is 0.459 e. The second kappa shape index (κ2) is 7.72. The summed E-state index contributed by atoms with van der Waals surface area (Å²) in [4.78, 5) is 38.9. The first-order valence-electron chi connectivity index (χ1n) is 8.93. The molecule has 1 amide bonds. The van der Waals surface area contributed by atoms with Crippen molar-refractivity contribution < 1.29 is 23.5 Å². The van der Waals surface area contributed by atoms with Crippen molar-refractivity contribution in [3.63, 3.8) is 0 Å². The van der Waals surface area contributed by atoms with Crippen LogP contribution in [0, 0.1) is 13.8 Å². The number of nitrogens with one attached hydrogen (secondary N) is 2. The summed E-state index contributed by atoms with van der Waals surface area (Å²) in [7, 11) is 0. The van der Waals surface area contributed by atoms with Crippen LogP contribution in [-0.4, -0.2) is 29.3 Å². The molecule has 0 fully saturated rings. The van der Waals surface area contributed by atoms with Crippen molar-refractivity contribution >= 4 is 28.6 Å². The third-order valence-electron chi connectivity index (χ3n) is 4.58. The van der Waals surface area contributed by atoms with E-state index in [-0.39, 0.29) is 17.5 Å². The van der Waals surface area contributed by atoms with E-state index in [4.69, 9.17) is 9.15 Å². The van der Waals surface area contributed by atoms with Crippen LogP contribution in [0.15, 0.2) is 34.7 Å². The van der Waals surface area contributed by atoms with Gasteiger partial charge in [0, 0.05) is 16.6 Å². The van der Waals surface area contributed by atoms with Crippen molar-refractivity contribution in [2.45, 2.75) is 33.7 Å². The molecule has 3 rings (SSSR count). The fraction of sp³-hybridized carbons (Fsp3) is 0.286. The summed E-state index contributed by atoms with van der Waals surface area (Å²) in [5, 5.41) is 3.69. The maximum Gasteiger partial charge on any atom is 0.355 e. The topological polar surface area (TPSA) is 101 Å². The Morgan fingerprint density at radius 3 is 2.57 bits per heavy atom. The number of amides is 1. The Morgan fingerprint density at radius 1 is 1.21 bits per heavy atom. The summed E-state index contributed by atoms with van der Waals surface area (Å²) in [6.07, 6.45) is 0. The average Bonchev–Trinajstić information content (AvgIpc) is 3.20. The lowest BCUT2D eigenvalue weighted by molar-refractivity contribution is -0.125. The number of hydrogen-bond donors (Lipinski definition) is 2. The van der Waals surface area contributed by atoms with Crippen LogP contribution in [0.1, 0.15) is 57.8 Å². The first kappa shape index (κ1) is 19.4. The number of ether oxygens (including phenoxy) is 1. The highest BCUT2D eigenvalue weighted by atomic mass is 16.5. The number of benzene rings is 1. The molecular weight excluding hydrogens is 360 g/mol. The molecule has 1 atom stereocenters. The predicted octanol–water partition coefficient (Wildman–Crippen LogP) is 3.61. The summed E-state index contributed by atoms with van der Waals surface area (Å²) < 4.78 is 10.8. The van der Waals surface area contributed by atoms with Gasteiger partial charge in [0.15, 0.2) is 12.4 Å². The molecule has 7 nitrogen and oxygen atoms in total. The minimum absolute atomic E-state index is 0.136. The van der Waals surface area contributed by atoms with Gasteiger partial charge in [0.25, 0.3) is 5.91 Å². The molecule has 0 radical (unpaired) electrons. The Labute approximate surface area is 162 Å². The van der Waals surface area contributed by atoms with Crippen molar-refractivity contribution in [3.05, 3.63) is 58.6 Å². The summed E-state index contributed by atoms with van der Waals surface area (Å²) in [5.74, 6) is -0.654. The number of aromatic nitrogens is 1. The van der Waals surface area contributed by atoms with E-state index in [0.717, 1.165) is 11.0 Å². The molecule has 0 unspecified atom stereocenters. The number of furan rings is 1. The Balaban J connectivity index is 1.60. The van der Waals surface area contributed by atoms with Gasteiger partial charge in [-0.05, 0) is 45.4 Å². The zero-order valence-electron chi connectivity index (χ0n) is 16.2. The van der Waals surface area contributed by atoms with E-state index in [1.165, 1.54) is 6.92 Å². The lowest BCUT2D eigenvalue weighted by Crippen LogP contribution is -2.31. The molecular formula is C21H22N2O5. The van der Waals surface area contributed by atoms with Gasteiger partial charge in [-0.2, -0.15) is 0 Å². The molecule has 2 N–H and O–H groups in total. The van der Waals surface area contributed by atoms with E-state index in [1.54, 1.807) is 20.8 Å². The van der Waals surface area contributed by atoms with Crippen LogP contribution in [0.4, 0.5) is 0 Å². The van der Waals surface area contributed by atoms with Gasteiger partial charge in [0.2, 0.25) is 0 Å². The van der Waals surface area contributed by atoms with E-state index in [9.17, 15) is 14.4 Å². The zero-order valence-corrected chi connectivity index (χ0v) is 16.2. The molecule has 0 saturated carbocycles. The van der Waals surface area contributed by atoms with Crippen molar-refractivity contribution in [1.29, 1.82) is 0 Å². The van der Waals surface area contributed by atoms with E-state index in [2.05, 4.69) is 10.3 Å². The highest BCUT2D eigenvalue weighted by Crippen LogP contribution is 2.23. The van der Waals surface area contributed by atoms with E-state index < -0.39 is 18.5 Å².